The highest BCUT2D eigenvalue weighted by Crippen LogP contribution is 2.41. The zero-order valence-corrected chi connectivity index (χ0v) is 6.02. The molecule has 0 nitrogen and oxygen atoms in total. The first-order valence-corrected chi connectivity index (χ1v) is 3.64. The van der Waals surface area contributed by atoms with Crippen LogP contribution in [0.1, 0.15) is 20.3 Å². The Balaban J connectivity index is 2.34. The van der Waals surface area contributed by atoms with Crippen molar-refractivity contribution in [2.45, 2.75) is 20.3 Å². The summed E-state index contributed by atoms with van der Waals surface area (Å²) in [5, 5.41) is 0. The lowest BCUT2D eigenvalue weighted by Gasteiger charge is -2.04. The van der Waals surface area contributed by atoms with Crippen LogP contribution in [0, 0.1) is 11.8 Å². The van der Waals surface area contributed by atoms with Gasteiger partial charge in [-0.05, 0) is 32.1 Å². The number of hydrogen-bond acceptors (Lipinski definition) is 0. The molecule has 2 rings (SSSR count). The lowest BCUT2D eigenvalue weighted by Crippen LogP contribution is -1.88. The molecule has 0 heterocycles. The van der Waals surface area contributed by atoms with E-state index in [0.717, 1.165) is 11.8 Å². The summed E-state index contributed by atoms with van der Waals surface area (Å²) >= 11 is 0. The normalized spacial score (nSPS) is 38.9. The Kier molecular flexibility index (Phi) is 0.879. The van der Waals surface area contributed by atoms with Gasteiger partial charge in [-0.2, -0.15) is 0 Å². The minimum atomic E-state index is 0.815. The highest BCUT2D eigenvalue weighted by atomic mass is 14.3. The zero-order valence-electron chi connectivity index (χ0n) is 6.02. The molecule has 9 heavy (non-hydrogen) atoms. The van der Waals surface area contributed by atoms with Gasteiger partial charge in [0.1, 0.15) is 0 Å². The van der Waals surface area contributed by atoms with E-state index in [4.69, 9.17) is 0 Å². The van der Waals surface area contributed by atoms with Crippen LogP contribution < -0.4 is 0 Å². The predicted molar refractivity (Wildman–Crippen MR) is 39.1 cm³/mol. The summed E-state index contributed by atoms with van der Waals surface area (Å²) < 4.78 is 0. The van der Waals surface area contributed by atoms with Gasteiger partial charge in [0, 0.05) is 0 Å². The lowest BCUT2D eigenvalue weighted by molar-refractivity contribution is 0.700. The molecule has 0 radical (unpaired) electrons. The fourth-order valence-corrected chi connectivity index (χ4v) is 1.93. The largest absolute Gasteiger partial charge is 0.0778 e. The van der Waals surface area contributed by atoms with E-state index < -0.39 is 0 Å². The van der Waals surface area contributed by atoms with E-state index >= 15 is 0 Å². The molecule has 2 aliphatic rings. The Hall–Kier alpha value is -0.520. The van der Waals surface area contributed by atoms with Gasteiger partial charge in [-0.15, -0.1) is 0 Å². The second-order valence-electron chi connectivity index (χ2n) is 3.27. The van der Waals surface area contributed by atoms with Crippen molar-refractivity contribution in [3.05, 3.63) is 23.3 Å². The Morgan fingerprint density at radius 2 is 1.56 bits per heavy atom. The Labute approximate surface area is 56.3 Å². The third-order valence-electron chi connectivity index (χ3n) is 2.61. The van der Waals surface area contributed by atoms with Gasteiger partial charge in [0.05, 0.1) is 0 Å². The van der Waals surface area contributed by atoms with Crippen molar-refractivity contribution in [2.75, 3.05) is 0 Å². The van der Waals surface area contributed by atoms with Gasteiger partial charge in [-0.3, -0.25) is 0 Å². The first-order valence-electron chi connectivity index (χ1n) is 3.64. The molecule has 0 unspecified atom stereocenters. The number of fused-ring (bicyclic) bond motifs is 2. The number of rotatable bonds is 0. The van der Waals surface area contributed by atoms with Crippen molar-refractivity contribution in [3.63, 3.8) is 0 Å². The summed E-state index contributed by atoms with van der Waals surface area (Å²) in [6, 6.07) is 0. The van der Waals surface area contributed by atoms with Crippen molar-refractivity contribution in [3.8, 4) is 0 Å². The van der Waals surface area contributed by atoms with Crippen LogP contribution in [0.25, 0.3) is 0 Å². The molecule has 0 aromatic heterocycles. The van der Waals surface area contributed by atoms with E-state index in [2.05, 4.69) is 26.0 Å². The van der Waals surface area contributed by atoms with Crippen molar-refractivity contribution < 1.29 is 0 Å². The van der Waals surface area contributed by atoms with Gasteiger partial charge < -0.3 is 0 Å². The summed E-state index contributed by atoms with van der Waals surface area (Å²) in [7, 11) is 0. The van der Waals surface area contributed by atoms with Crippen LogP contribution in [0.4, 0.5) is 0 Å². The number of hydrogen-bond donors (Lipinski definition) is 0. The fourth-order valence-electron chi connectivity index (χ4n) is 1.93. The molecule has 0 spiro atoms. The van der Waals surface area contributed by atoms with Crippen LogP contribution in [0.2, 0.25) is 0 Å². The van der Waals surface area contributed by atoms with Gasteiger partial charge in [-0.1, -0.05) is 23.3 Å². The third-order valence-corrected chi connectivity index (χ3v) is 2.61. The molecule has 0 saturated carbocycles. The van der Waals surface area contributed by atoms with E-state index in [-0.39, 0.29) is 0 Å². The molecule has 2 bridgehead atoms. The van der Waals surface area contributed by atoms with Gasteiger partial charge >= 0.3 is 0 Å². The Bertz CT molecular complexity index is 174. The minimum absolute atomic E-state index is 0.815. The van der Waals surface area contributed by atoms with Crippen molar-refractivity contribution in [1.82, 2.24) is 0 Å². The number of allylic oxidation sites excluding steroid dienone is 4. The van der Waals surface area contributed by atoms with E-state index in [1.807, 2.05) is 0 Å². The SMILES string of the molecule is CC1=C[C@H]2C[C@@H]1C=C2C. The van der Waals surface area contributed by atoms with Crippen LogP contribution in [-0.2, 0) is 0 Å². The van der Waals surface area contributed by atoms with Crippen LogP contribution in [0.5, 0.6) is 0 Å². The molecule has 0 fully saturated rings. The standard InChI is InChI=1S/C9H12/c1-6-3-9-5-8(6)4-7(9)2/h3-4,8-9H,5H2,1-2H3/t8-,9-/m0/s1. The van der Waals surface area contributed by atoms with Crippen molar-refractivity contribution >= 4 is 0 Å². The summed E-state index contributed by atoms with van der Waals surface area (Å²) in [6.45, 7) is 4.49. The first kappa shape index (κ1) is 5.28. The Morgan fingerprint density at radius 3 is 1.78 bits per heavy atom. The highest BCUT2D eigenvalue weighted by molar-refractivity contribution is 5.33. The summed E-state index contributed by atoms with van der Waals surface area (Å²) in [6.07, 6.45) is 6.21. The smallest absolute Gasteiger partial charge is 0.00144 e. The topological polar surface area (TPSA) is 0 Å². The summed E-state index contributed by atoms with van der Waals surface area (Å²) in [5.74, 6) is 1.63. The average Bonchev–Trinajstić information content (AvgIpc) is 2.24. The van der Waals surface area contributed by atoms with Crippen LogP contribution in [-0.4, -0.2) is 0 Å². The first-order chi connectivity index (χ1) is 4.27. The molecule has 0 aromatic rings. The second kappa shape index (κ2) is 1.50. The molecule has 0 aliphatic heterocycles. The summed E-state index contributed by atoms with van der Waals surface area (Å²) in [4.78, 5) is 0. The van der Waals surface area contributed by atoms with Crippen LogP contribution >= 0.6 is 0 Å². The molecule has 0 saturated heterocycles. The van der Waals surface area contributed by atoms with Crippen molar-refractivity contribution in [2.24, 2.45) is 11.8 Å². The molecule has 0 aromatic carbocycles. The van der Waals surface area contributed by atoms with Crippen LogP contribution in [0.15, 0.2) is 23.3 Å². The molecule has 0 N–H and O–H groups in total. The maximum absolute atomic E-state index is 2.42. The minimum Gasteiger partial charge on any atom is -0.0778 e. The monoisotopic (exact) mass is 120 g/mol. The van der Waals surface area contributed by atoms with E-state index in [0.29, 0.717) is 0 Å². The van der Waals surface area contributed by atoms with E-state index in [1.165, 1.54) is 6.42 Å². The molecule has 48 valence electrons. The van der Waals surface area contributed by atoms with Gasteiger partial charge in [0.15, 0.2) is 0 Å². The maximum Gasteiger partial charge on any atom is -0.00144 e. The quantitative estimate of drug-likeness (QED) is 0.431. The maximum atomic E-state index is 2.42. The van der Waals surface area contributed by atoms with Crippen LogP contribution in [0.3, 0.4) is 0 Å². The fraction of sp³-hybridized carbons (Fsp3) is 0.556. The zero-order chi connectivity index (χ0) is 6.43. The highest BCUT2D eigenvalue weighted by Gasteiger charge is 2.28. The lowest BCUT2D eigenvalue weighted by atomic mass is 10.0. The van der Waals surface area contributed by atoms with E-state index in [1.54, 1.807) is 11.1 Å². The predicted octanol–water partition coefficient (Wildman–Crippen LogP) is 2.53. The Morgan fingerprint density at radius 1 is 1.11 bits per heavy atom. The molecule has 0 heteroatoms. The second-order valence-corrected chi connectivity index (χ2v) is 3.27. The summed E-state index contributed by atoms with van der Waals surface area (Å²) in [5.41, 5.74) is 3.18. The van der Waals surface area contributed by atoms with E-state index in [9.17, 15) is 0 Å². The molecule has 2 atom stereocenters. The van der Waals surface area contributed by atoms with Gasteiger partial charge in [0.2, 0.25) is 0 Å². The molecular weight excluding hydrogens is 108 g/mol. The third kappa shape index (κ3) is 0.592. The van der Waals surface area contributed by atoms with Gasteiger partial charge in [0.25, 0.3) is 0 Å². The van der Waals surface area contributed by atoms with Crippen molar-refractivity contribution in [1.29, 1.82) is 0 Å². The molecule has 2 aliphatic carbocycles. The van der Waals surface area contributed by atoms with Gasteiger partial charge in [-0.25, -0.2) is 0 Å². The molecule has 0 amide bonds. The molecular formula is C9H12. The average molecular weight is 120 g/mol.